The smallest absolute Gasteiger partial charge is 0.147 e. The number of nitrogens with zero attached hydrogens (tertiary/aromatic N) is 2. The second-order valence-corrected chi connectivity index (χ2v) is 7.34. The van der Waals surface area contributed by atoms with Crippen LogP contribution in [0.1, 0.15) is 38.7 Å². The summed E-state index contributed by atoms with van der Waals surface area (Å²) in [7, 11) is -2.91. The zero-order chi connectivity index (χ0) is 15.2. The first-order valence-corrected chi connectivity index (χ1v) is 8.91. The molecule has 2 N–H and O–H groups in total. The highest BCUT2D eigenvalue weighted by atomic mass is 32.2. The third-order valence-electron chi connectivity index (χ3n) is 2.79. The summed E-state index contributed by atoms with van der Waals surface area (Å²) in [5, 5.41) is 6.44. The van der Waals surface area contributed by atoms with Gasteiger partial charge < -0.3 is 10.6 Å². The van der Waals surface area contributed by atoms with Crippen molar-refractivity contribution in [1.29, 1.82) is 0 Å². The van der Waals surface area contributed by atoms with Crippen LogP contribution in [0.25, 0.3) is 0 Å². The molecule has 0 bridgehead atoms. The summed E-state index contributed by atoms with van der Waals surface area (Å²) in [4.78, 5) is 8.52. The first-order valence-electron chi connectivity index (χ1n) is 6.85. The summed E-state index contributed by atoms with van der Waals surface area (Å²) in [6.07, 6.45) is 3.33. The molecule has 0 saturated carbocycles. The molecule has 1 rings (SSSR count). The predicted octanol–water partition coefficient (Wildman–Crippen LogP) is 1.88. The van der Waals surface area contributed by atoms with Crippen LogP contribution in [0, 0.1) is 0 Å². The molecule has 0 amide bonds. The molecule has 0 spiro atoms. The van der Waals surface area contributed by atoms with Crippen LogP contribution in [-0.4, -0.2) is 43.5 Å². The minimum atomic E-state index is -2.91. The average molecular weight is 300 g/mol. The Morgan fingerprint density at radius 2 is 1.80 bits per heavy atom. The topological polar surface area (TPSA) is 84.0 Å². The molecule has 7 heteroatoms. The lowest BCUT2D eigenvalue weighted by Gasteiger charge is -2.17. The van der Waals surface area contributed by atoms with Crippen molar-refractivity contribution in [1.82, 2.24) is 9.97 Å². The van der Waals surface area contributed by atoms with E-state index in [9.17, 15) is 8.42 Å². The van der Waals surface area contributed by atoms with E-state index in [1.54, 1.807) is 0 Å². The fourth-order valence-corrected chi connectivity index (χ4v) is 2.60. The van der Waals surface area contributed by atoms with Crippen molar-refractivity contribution >= 4 is 21.5 Å². The van der Waals surface area contributed by atoms with Crippen LogP contribution in [0.15, 0.2) is 6.33 Å². The van der Waals surface area contributed by atoms with Gasteiger partial charge in [0.15, 0.2) is 0 Å². The van der Waals surface area contributed by atoms with E-state index >= 15 is 0 Å². The standard InChI is InChI=1S/C13H24N4O2S/c1-5-14-12-11(10(2)3)13(17-9-16-12)15-7-6-8-20(4,18)19/h9-10H,5-8H2,1-4H3,(H2,14,15,16,17). The van der Waals surface area contributed by atoms with E-state index in [0.717, 1.165) is 23.7 Å². The van der Waals surface area contributed by atoms with Crippen molar-refractivity contribution in [3.8, 4) is 0 Å². The molecule has 1 aromatic heterocycles. The van der Waals surface area contributed by atoms with Gasteiger partial charge in [-0.2, -0.15) is 0 Å². The average Bonchev–Trinajstić information content (AvgIpc) is 2.33. The van der Waals surface area contributed by atoms with Gasteiger partial charge >= 0.3 is 0 Å². The largest absolute Gasteiger partial charge is 0.370 e. The van der Waals surface area contributed by atoms with Crippen LogP contribution in [0.5, 0.6) is 0 Å². The molecule has 0 radical (unpaired) electrons. The Balaban J connectivity index is 2.76. The first kappa shape index (κ1) is 16.7. The Labute approximate surface area is 121 Å². The highest BCUT2D eigenvalue weighted by Gasteiger charge is 2.14. The van der Waals surface area contributed by atoms with Crippen molar-refractivity contribution in [2.45, 2.75) is 33.1 Å². The van der Waals surface area contributed by atoms with Gasteiger partial charge in [0.05, 0.1) is 5.75 Å². The molecule has 0 unspecified atom stereocenters. The predicted molar refractivity (Wildman–Crippen MR) is 83.1 cm³/mol. The van der Waals surface area contributed by atoms with E-state index in [1.165, 1.54) is 12.6 Å². The van der Waals surface area contributed by atoms with E-state index in [1.807, 2.05) is 6.92 Å². The fourth-order valence-electron chi connectivity index (χ4n) is 1.93. The number of sulfone groups is 1. The second kappa shape index (κ2) is 7.42. The zero-order valence-corrected chi connectivity index (χ0v) is 13.4. The van der Waals surface area contributed by atoms with Gasteiger partial charge in [-0.3, -0.25) is 0 Å². The van der Waals surface area contributed by atoms with Gasteiger partial charge in [-0.25, -0.2) is 18.4 Å². The molecule has 0 aromatic carbocycles. The Hall–Kier alpha value is -1.37. The molecular weight excluding hydrogens is 276 g/mol. The van der Waals surface area contributed by atoms with Gasteiger partial charge in [0, 0.05) is 24.9 Å². The molecular formula is C13H24N4O2S. The Morgan fingerprint density at radius 3 is 2.30 bits per heavy atom. The summed E-state index contributed by atoms with van der Waals surface area (Å²) in [5.74, 6) is 2.08. The molecule has 114 valence electrons. The molecule has 1 aromatic rings. The minimum Gasteiger partial charge on any atom is -0.370 e. The van der Waals surface area contributed by atoms with Crippen molar-refractivity contribution in [3.63, 3.8) is 0 Å². The maximum atomic E-state index is 11.1. The number of anilines is 2. The van der Waals surface area contributed by atoms with Gasteiger partial charge in [0.2, 0.25) is 0 Å². The minimum absolute atomic E-state index is 0.183. The molecule has 0 atom stereocenters. The fraction of sp³-hybridized carbons (Fsp3) is 0.692. The van der Waals surface area contributed by atoms with Crippen LogP contribution in [-0.2, 0) is 9.84 Å². The van der Waals surface area contributed by atoms with Crippen LogP contribution in [0.4, 0.5) is 11.6 Å². The molecule has 1 heterocycles. The lowest BCUT2D eigenvalue weighted by atomic mass is 10.0. The molecule has 0 fully saturated rings. The van der Waals surface area contributed by atoms with E-state index in [0.29, 0.717) is 13.0 Å². The second-order valence-electron chi connectivity index (χ2n) is 5.08. The third-order valence-corrected chi connectivity index (χ3v) is 3.82. The monoisotopic (exact) mass is 300 g/mol. The van der Waals surface area contributed by atoms with Gasteiger partial charge in [-0.05, 0) is 19.3 Å². The maximum Gasteiger partial charge on any atom is 0.147 e. The van der Waals surface area contributed by atoms with Gasteiger partial charge in [0.25, 0.3) is 0 Å². The number of nitrogens with one attached hydrogen (secondary N) is 2. The summed E-state index contributed by atoms with van der Waals surface area (Å²) in [5.41, 5.74) is 1.04. The van der Waals surface area contributed by atoms with Crippen LogP contribution >= 0.6 is 0 Å². The van der Waals surface area contributed by atoms with Crippen LogP contribution < -0.4 is 10.6 Å². The van der Waals surface area contributed by atoms with E-state index in [4.69, 9.17) is 0 Å². The van der Waals surface area contributed by atoms with E-state index in [-0.39, 0.29) is 11.7 Å². The number of hydrogen-bond donors (Lipinski definition) is 2. The van der Waals surface area contributed by atoms with E-state index in [2.05, 4.69) is 34.4 Å². The van der Waals surface area contributed by atoms with E-state index < -0.39 is 9.84 Å². The van der Waals surface area contributed by atoms with Crippen molar-refractivity contribution in [2.24, 2.45) is 0 Å². The molecule has 6 nitrogen and oxygen atoms in total. The third kappa shape index (κ3) is 5.32. The van der Waals surface area contributed by atoms with Crippen molar-refractivity contribution in [3.05, 3.63) is 11.9 Å². The number of aromatic nitrogens is 2. The number of hydrogen-bond acceptors (Lipinski definition) is 6. The molecule has 0 aliphatic rings. The summed E-state index contributed by atoms with van der Waals surface area (Å²) < 4.78 is 22.2. The Morgan fingerprint density at radius 1 is 1.20 bits per heavy atom. The Bertz CT molecular complexity index is 529. The zero-order valence-electron chi connectivity index (χ0n) is 12.6. The number of rotatable bonds is 8. The summed E-state index contributed by atoms with van der Waals surface area (Å²) >= 11 is 0. The van der Waals surface area contributed by atoms with Gasteiger partial charge in [0.1, 0.15) is 27.8 Å². The van der Waals surface area contributed by atoms with Gasteiger partial charge in [-0.1, -0.05) is 13.8 Å². The molecule has 0 aliphatic carbocycles. The van der Waals surface area contributed by atoms with Gasteiger partial charge in [-0.15, -0.1) is 0 Å². The first-order chi connectivity index (χ1) is 9.35. The van der Waals surface area contributed by atoms with Crippen LogP contribution in [0.2, 0.25) is 0 Å². The molecule has 20 heavy (non-hydrogen) atoms. The lowest BCUT2D eigenvalue weighted by Crippen LogP contribution is -2.14. The Kier molecular flexibility index (Phi) is 6.19. The quantitative estimate of drug-likeness (QED) is 0.713. The SMILES string of the molecule is CCNc1ncnc(NCCCS(C)(=O)=O)c1C(C)C. The highest BCUT2D eigenvalue weighted by Crippen LogP contribution is 2.28. The maximum absolute atomic E-state index is 11.1. The summed E-state index contributed by atoms with van der Waals surface area (Å²) in [6, 6.07) is 0. The highest BCUT2D eigenvalue weighted by molar-refractivity contribution is 7.90. The normalized spacial score (nSPS) is 11.7. The van der Waals surface area contributed by atoms with Crippen LogP contribution in [0.3, 0.4) is 0 Å². The van der Waals surface area contributed by atoms with Crippen molar-refractivity contribution < 1.29 is 8.42 Å². The van der Waals surface area contributed by atoms with Crippen molar-refractivity contribution in [2.75, 3.05) is 35.7 Å². The summed E-state index contributed by atoms with van der Waals surface area (Å²) in [6.45, 7) is 7.56. The molecule has 0 saturated heterocycles. The molecule has 0 aliphatic heterocycles. The lowest BCUT2D eigenvalue weighted by molar-refractivity contribution is 0.600.